The van der Waals surface area contributed by atoms with Crippen molar-refractivity contribution >= 4 is 40.6 Å². The number of hydrogen-bond acceptors (Lipinski definition) is 7. The lowest BCUT2D eigenvalue weighted by molar-refractivity contribution is -0.119. The number of amides is 1. The van der Waals surface area contributed by atoms with Gasteiger partial charge in [-0.05, 0) is 32.0 Å². The molecule has 130 valence electrons. The van der Waals surface area contributed by atoms with Crippen molar-refractivity contribution in [3.05, 3.63) is 39.3 Å². The van der Waals surface area contributed by atoms with E-state index < -0.39 is 0 Å². The van der Waals surface area contributed by atoms with Crippen LogP contribution in [-0.2, 0) is 11.3 Å². The Morgan fingerprint density at radius 2 is 2.08 bits per heavy atom. The maximum Gasteiger partial charge on any atom is 0.256 e. The van der Waals surface area contributed by atoms with Gasteiger partial charge in [0.25, 0.3) is 5.78 Å². The van der Waals surface area contributed by atoms with E-state index >= 15 is 0 Å². The highest BCUT2D eigenvalue weighted by atomic mass is 32.2. The SMILES string of the molecule is CC(=O)NCc1ccc(C(=O)CSc2nnc3nc(C)cc(C)n23)s1. The van der Waals surface area contributed by atoms with Gasteiger partial charge in [0.05, 0.1) is 17.2 Å². The van der Waals surface area contributed by atoms with Crippen LogP contribution < -0.4 is 5.32 Å². The lowest BCUT2D eigenvalue weighted by atomic mass is 10.3. The number of nitrogens with zero attached hydrogens (tertiary/aromatic N) is 4. The molecule has 7 nitrogen and oxygen atoms in total. The van der Waals surface area contributed by atoms with Gasteiger partial charge in [0.2, 0.25) is 5.91 Å². The summed E-state index contributed by atoms with van der Waals surface area (Å²) in [4.78, 5) is 29.3. The van der Waals surface area contributed by atoms with Crippen LogP contribution in [-0.4, -0.2) is 37.0 Å². The summed E-state index contributed by atoms with van der Waals surface area (Å²) in [6.45, 7) is 5.79. The van der Waals surface area contributed by atoms with E-state index in [2.05, 4.69) is 20.5 Å². The molecule has 0 fully saturated rings. The van der Waals surface area contributed by atoms with Gasteiger partial charge in [-0.3, -0.25) is 14.0 Å². The van der Waals surface area contributed by atoms with Gasteiger partial charge in [-0.1, -0.05) is 11.8 Å². The Hall–Kier alpha value is -2.26. The molecule has 0 aromatic carbocycles. The molecule has 3 rings (SSSR count). The fraction of sp³-hybridized carbons (Fsp3) is 0.312. The van der Waals surface area contributed by atoms with Gasteiger partial charge in [-0.2, -0.15) is 0 Å². The molecule has 0 radical (unpaired) electrons. The molecule has 1 amide bonds. The van der Waals surface area contributed by atoms with Crippen molar-refractivity contribution in [2.45, 2.75) is 32.5 Å². The Bertz CT molecular complexity index is 947. The van der Waals surface area contributed by atoms with Crippen LogP contribution in [0.3, 0.4) is 0 Å². The summed E-state index contributed by atoms with van der Waals surface area (Å²) >= 11 is 2.74. The minimum atomic E-state index is -0.0882. The van der Waals surface area contributed by atoms with E-state index in [-0.39, 0.29) is 17.4 Å². The summed E-state index contributed by atoms with van der Waals surface area (Å²) in [5.74, 6) is 0.753. The molecule has 0 saturated carbocycles. The molecule has 0 aliphatic rings. The lowest BCUT2D eigenvalue weighted by Gasteiger charge is -2.03. The first-order valence-corrected chi connectivity index (χ1v) is 9.43. The second-order valence-electron chi connectivity index (χ2n) is 5.54. The van der Waals surface area contributed by atoms with Gasteiger partial charge in [0, 0.05) is 23.2 Å². The topological polar surface area (TPSA) is 89.2 Å². The number of fused-ring (bicyclic) bond motifs is 1. The minimum Gasteiger partial charge on any atom is -0.351 e. The van der Waals surface area contributed by atoms with Gasteiger partial charge in [-0.25, -0.2) is 4.98 Å². The zero-order valence-corrected chi connectivity index (χ0v) is 15.7. The fourth-order valence-electron chi connectivity index (χ4n) is 2.33. The average Bonchev–Trinajstić information content (AvgIpc) is 3.17. The molecule has 0 bridgehead atoms. The van der Waals surface area contributed by atoms with Crippen molar-refractivity contribution in [3.63, 3.8) is 0 Å². The van der Waals surface area contributed by atoms with E-state index in [1.807, 2.05) is 30.4 Å². The molecule has 1 N–H and O–H groups in total. The summed E-state index contributed by atoms with van der Waals surface area (Å²) in [5.41, 5.74) is 1.87. The Morgan fingerprint density at radius 3 is 2.84 bits per heavy atom. The molecule has 0 unspecified atom stereocenters. The quantitative estimate of drug-likeness (QED) is 0.526. The van der Waals surface area contributed by atoms with Crippen LogP contribution in [0.2, 0.25) is 0 Å². The van der Waals surface area contributed by atoms with Crippen LogP contribution >= 0.6 is 23.1 Å². The van der Waals surface area contributed by atoms with Crippen molar-refractivity contribution in [2.24, 2.45) is 0 Å². The van der Waals surface area contributed by atoms with Crippen molar-refractivity contribution in [3.8, 4) is 0 Å². The van der Waals surface area contributed by atoms with Gasteiger partial charge < -0.3 is 5.32 Å². The van der Waals surface area contributed by atoms with Crippen LogP contribution in [0.25, 0.3) is 5.78 Å². The molecule has 0 aliphatic carbocycles. The van der Waals surface area contributed by atoms with Crippen LogP contribution in [0.4, 0.5) is 0 Å². The largest absolute Gasteiger partial charge is 0.351 e. The Balaban J connectivity index is 1.68. The van der Waals surface area contributed by atoms with Crippen molar-refractivity contribution in [1.82, 2.24) is 24.9 Å². The number of hydrogen-bond donors (Lipinski definition) is 1. The number of thiophene rings is 1. The summed E-state index contributed by atoms with van der Waals surface area (Å²) in [6.07, 6.45) is 0. The maximum absolute atomic E-state index is 12.4. The Morgan fingerprint density at radius 1 is 1.28 bits per heavy atom. The third-order valence-corrected chi connectivity index (χ3v) is 5.50. The highest BCUT2D eigenvalue weighted by molar-refractivity contribution is 7.99. The van der Waals surface area contributed by atoms with Gasteiger partial charge in [-0.15, -0.1) is 21.5 Å². The molecule has 0 aliphatic heterocycles. The Kier molecular flexibility index (Phi) is 5.14. The molecule has 3 heterocycles. The summed E-state index contributed by atoms with van der Waals surface area (Å²) in [5, 5.41) is 11.6. The number of Topliss-reactive ketones (excluding diaryl/α,β-unsaturated/α-hetero) is 1. The smallest absolute Gasteiger partial charge is 0.256 e. The lowest BCUT2D eigenvalue weighted by Crippen LogP contribution is -2.18. The highest BCUT2D eigenvalue weighted by Gasteiger charge is 2.14. The van der Waals surface area contributed by atoms with E-state index in [4.69, 9.17) is 0 Å². The molecule has 0 saturated heterocycles. The predicted molar refractivity (Wildman–Crippen MR) is 97.2 cm³/mol. The summed E-state index contributed by atoms with van der Waals surface area (Å²) in [7, 11) is 0. The van der Waals surface area contributed by atoms with Crippen LogP contribution in [0.5, 0.6) is 0 Å². The number of thioether (sulfide) groups is 1. The monoisotopic (exact) mass is 375 g/mol. The first-order chi connectivity index (χ1) is 11.9. The molecular weight excluding hydrogens is 358 g/mol. The van der Waals surface area contributed by atoms with Crippen molar-refractivity contribution < 1.29 is 9.59 Å². The molecule has 3 aromatic heterocycles. The number of carbonyl (C=O) groups excluding carboxylic acids is 2. The Labute approximate surface area is 152 Å². The van der Waals surface area contributed by atoms with Gasteiger partial charge in [0.1, 0.15) is 0 Å². The van der Waals surface area contributed by atoms with E-state index in [1.54, 1.807) is 6.07 Å². The number of nitrogens with one attached hydrogen (secondary N) is 1. The van der Waals surface area contributed by atoms with E-state index in [1.165, 1.54) is 30.0 Å². The normalized spacial score (nSPS) is 11.0. The van der Waals surface area contributed by atoms with Crippen molar-refractivity contribution in [2.75, 3.05) is 5.75 Å². The second kappa shape index (κ2) is 7.32. The van der Waals surface area contributed by atoms with E-state index in [0.717, 1.165) is 16.3 Å². The third-order valence-electron chi connectivity index (χ3n) is 3.44. The first kappa shape index (κ1) is 17.6. The zero-order valence-electron chi connectivity index (χ0n) is 14.1. The maximum atomic E-state index is 12.4. The molecule has 0 atom stereocenters. The number of carbonyl (C=O) groups is 2. The molecule has 0 spiro atoms. The minimum absolute atomic E-state index is 0.0264. The average molecular weight is 375 g/mol. The van der Waals surface area contributed by atoms with Gasteiger partial charge >= 0.3 is 0 Å². The third kappa shape index (κ3) is 4.05. The number of rotatable bonds is 6. The summed E-state index contributed by atoms with van der Waals surface area (Å²) < 4.78 is 1.85. The van der Waals surface area contributed by atoms with Crippen LogP contribution in [0.15, 0.2) is 23.4 Å². The number of aromatic nitrogens is 4. The van der Waals surface area contributed by atoms with E-state index in [9.17, 15) is 9.59 Å². The van der Waals surface area contributed by atoms with E-state index in [0.29, 0.717) is 22.4 Å². The summed E-state index contributed by atoms with van der Waals surface area (Å²) in [6, 6.07) is 5.61. The van der Waals surface area contributed by atoms with Gasteiger partial charge in [0.15, 0.2) is 10.9 Å². The molecule has 3 aromatic rings. The predicted octanol–water partition coefficient (Wildman–Crippen LogP) is 2.41. The number of ketones is 1. The van der Waals surface area contributed by atoms with Crippen LogP contribution in [0.1, 0.15) is 32.9 Å². The fourth-order valence-corrected chi connectivity index (χ4v) is 4.17. The van der Waals surface area contributed by atoms with Crippen LogP contribution in [0, 0.1) is 13.8 Å². The molecule has 9 heteroatoms. The first-order valence-electron chi connectivity index (χ1n) is 7.62. The standard InChI is InChI=1S/C16H17N5O2S2/c1-9-6-10(2)21-15(18-9)19-20-16(21)24-8-13(23)14-5-4-12(25-14)7-17-11(3)22/h4-6H,7-8H2,1-3H3,(H,17,22). The second-order valence-corrected chi connectivity index (χ2v) is 7.66. The molecular formula is C16H17N5O2S2. The molecule has 25 heavy (non-hydrogen) atoms. The zero-order chi connectivity index (χ0) is 18.0. The highest BCUT2D eigenvalue weighted by Crippen LogP contribution is 2.23. The van der Waals surface area contributed by atoms with Crippen molar-refractivity contribution in [1.29, 1.82) is 0 Å². The number of aryl methyl sites for hydroxylation is 2.